The van der Waals surface area contributed by atoms with E-state index in [2.05, 4.69) is 9.97 Å². The maximum absolute atomic E-state index is 5.99. The van der Waals surface area contributed by atoms with Gasteiger partial charge in [0, 0.05) is 21.0 Å². The minimum absolute atomic E-state index is 0.704. The van der Waals surface area contributed by atoms with Gasteiger partial charge in [0.2, 0.25) is 0 Å². The van der Waals surface area contributed by atoms with Crippen molar-refractivity contribution in [1.29, 1.82) is 0 Å². The van der Waals surface area contributed by atoms with E-state index < -0.39 is 0 Å². The Morgan fingerprint density at radius 2 is 1.95 bits per heavy atom. The van der Waals surface area contributed by atoms with Crippen LogP contribution in [-0.2, 0) is 0 Å². The van der Waals surface area contributed by atoms with Crippen LogP contribution in [0.25, 0.3) is 10.9 Å². The van der Waals surface area contributed by atoms with E-state index in [1.54, 1.807) is 18.1 Å². The van der Waals surface area contributed by atoms with Gasteiger partial charge in [0.15, 0.2) is 0 Å². The van der Waals surface area contributed by atoms with Crippen LogP contribution in [0.5, 0.6) is 0 Å². The number of aromatic nitrogens is 2. The highest BCUT2D eigenvalue weighted by Gasteiger charge is 2.06. The van der Waals surface area contributed by atoms with E-state index in [1.807, 2.05) is 42.5 Å². The number of benzene rings is 2. The molecule has 19 heavy (non-hydrogen) atoms. The summed E-state index contributed by atoms with van der Waals surface area (Å²) in [5, 5.41) is 2.54. The summed E-state index contributed by atoms with van der Waals surface area (Å²) in [6, 6.07) is 13.3. The van der Waals surface area contributed by atoms with Crippen LogP contribution in [0.15, 0.2) is 58.7 Å². The van der Waals surface area contributed by atoms with Crippen molar-refractivity contribution in [2.45, 2.75) is 9.92 Å². The van der Waals surface area contributed by atoms with Crippen molar-refractivity contribution in [1.82, 2.24) is 9.97 Å². The van der Waals surface area contributed by atoms with Gasteiger partial charge in [-0.05, 0) is 36.4 Å². The molecule has 2 aromatic carbocycles. The average molecular weight is 288 g/mol. The molecule has 0 aliphatic rings. The van der Waals surface area contributed by atoms with Crippen LogP contribution in [0.3, 0.4) is 0 Å². The number of hydrogen-bond donors (Lipinski definition) is 1. The van der Waals surface area contributed by atoms with E-state index in [4.69, 9.17) is 17.3 Å². The maximum Gasteiger partial charge on any atom is 0.117 e. The van der Waals surface area contributed by atoms with E-state index >= 15 is 0 Å². The summed E-state index contributed by atoms with van der Waals surface area (Å²) in [7, 11) is 0. The molecule has 0 atom stereocenters. The summed E-state index contributed by atoms with van der Waals surface area (Å²) in [5.41, 5.74) is 7.41. The van der Waals surface area contributed by atoms with Crippen molar-refractivity contribution < 1.29 is 0 Å². The summed E-state index contributed by atoms with van der Waals surface area (Å²) in [5.74, 6) is 0. The molecule has 0 bridgehead atoms. The Morgan fingerprint density at radius 3 is 2.79 bits per heavy atom. The van der Waals surface area contributed by atoms with Crippen LogP contribution in [0, 0.1) is 0 Å². The van der Waals surface area contributed by atoms with Crippen LogP contribution in [0.4, 0.5) is 5.69 Å². The van der Waals surface area contributed by atoms with Gasteiger partial charge in [0.25, 0.3) is 0 Å². The fourth-order valence-corrected chi connectivity index (χ4v) is 2.96. The van der Waals surface area contributed by atoms with Crippen LogP contribution in [0.1, 0.15) is 0 Å². The molecule has 0 saturated heterocycles. The first-order valence-corrected chi connectivity index (χ1v) is 6.85. The highest BCUT2D eigenvalue weighted by molar-refractivity contribution is 7.99. The molecule has 0 fully saturated rings. The molecule has 5 heteroatoms. The molecule has 0 aliphatic heterocycles. The molecule has 1 aromatic heterocycles. The number of fused-ring (bicyclic) bond motifs is 1. The van der Waals surface area contributed by atoms with Crippen molar-refractivity contribution in [2.75, 3.05) is 5.73 Å². The minimum atomic E-state index is 0.704. The summed E-state index contributed by atoms with van der Waals surface area (Å²) in [6.07, 6.45) is 1.56. The minimum Gasteiger partial charge on any atom is -0.399 e. The molecular weight excluding hydrogens is 278 g/mol. The Morgan fingerprint density at radius 1 is 1.05 bits per heavy atom. The van der Waals surface area contributed by atoms with E-state index in [0.717, 1.165) is 20.8 Å². The number of anilines is 1. The molecule has 0 radical (unpaired) electrons. The molecule has 0 unspecified atom stereocenters. The predicted octanol–water partition coefficient (Wildman–Crippen LogP) is 4.02. The Bertz CT molecular complexity index is 746. The lowest BCUT2D eigenvalue weighted by molar-refractivity contribution is 1.10. The van der Waals surface area contributed by atoms with Crippen LogP contribution in [0.2, 0.25) is 5.02 Å². The molecule has 3 aromatic rings. The molecule has 2 N–H and O–H groups in total. The van der Waals surface area contributed by atoms with Crippen LogP contribution in [-0.4, -0.2) is 9.97 Å². The van der Waals surface area contributed by atoms with Crippen molar-refractivity contribution in [3.05, 3.63) is 53.8 Å². The Hall–Kier alpha value is -1.78. The Balaban J connectivity index is 2.07. The third-order valence-corrected chi connectivity index (χ3v) is 3.88. The number of hydrogen-bond acceptors (Lipinski definition) is 4. The Kier molecular flexibility index (Phi) is 3.27. The Labute approximate surface area is 119 Å². The van der Waals surface area contributed by atoms with Gasteiger partial charge in [-0.3, -0.25) is 0 Å². The van der Waals surface area contributed by atoms with Crippen molar-refractivity contribution in [3.8, 4) is 0 Å². The first kappa shape index (κ1) is 12.3. The number of nitrogens with two attached hydrogens (primary N) is 1. The number of rotatable bonds is 2. The van der Waals surface area contributed by atoms with Crippen LogP contribution < -0.4 is 5.73 Å². The zero-order valence-corrected chi connectivity index (χ0v) is 11.4. The van der Waals surface area contributed by atoms with Gasteiger partial charge in [0.1, 0.15) is 11.4 Å². The molecule has 0 aliphatic carbocycles. The molecule has 3 rings (SSSR count). The van der Waals surface area contributed by atoms with Gasteiger partial charge in [-0.25, -0.2) is 9.97 Å². The highest BCUT2D eigenvalue weighted by atomic mass is 35.5. The zero-order chi connectivity index (χ0) is 13.2. The number of nitrogens with zero attached hydrogens (tertiary/aromatic N) is 2. The van der Waals surface area contributed by atoms with Crippen LogP contribution >= 0.6 is 23.4 Å². The number of halogens is 1. The van der Waals surface area contributed by atoms with Gasteiger partial charge in [-0.15, -0.1) is 0 Å². The van der Waals surface area contributed by atoms with Gasteiger partial charge in [0.05, 0.1) is 5.52 Å². The van der Waals surface area contributed by atoms with E-state index in [9.17, 15) is 0 Å². The zero-order valence-electron chi connectivity index (χ0n) is 9.88. The van der Waals surface area contributed by atoms with Crippen molar-refractivity contribution in [2.24, 2.45) is 0 Å². The van der Waals surface area contributed by atoms with E-state index in [0.29, 0.717) is 10.7 Å². The van der Waals surface area contributed by atoms with Crippen molar-refractivity contribution in [3.63, 3.8) is 0 Å². The lowest BCUT2D eigenvalue weighted by Crippen LogP contribution is -1.90. The molecule has 0 saturated carbocycles. The lowest BCUT2D eigenvalue weighted by atomic mass is 10.2. The molecule has 0 spiro atoms. The fraction of sp³-hybridized carbons (Fsp3) is 0. The topological polar surface area (TPSA) is 51.8 Å². The second-order valence-corrected chi connectivity index (χ2v) is 5.51. The fourth-order valence-electron chi connectivity index (χ4n) is 1.77. The summed E-state index contributed by atoms with van der Waals surface area (Å²) in [4.78, 5) is 9.60. The lowest BCUT2D eigenvalue weighted by Gasteiger charge is -2.05. The molecular formula is C14H10ClN3S. The second-order valence-electron chi connectivity index (χ2n) is 4.01. The average Bonchev–Trinajstić information content (AvgIpc) is 2.39. The van der Waals surface area contributed by atoms with Gasteiger partial charge >= 0.3 is 0 Å². The van der Waals surface area contributed by atoms with E-state index in [1.165, 1.54) is 0 Å². The number of nitrogen functional groups attached to an aromatic ring is 1. The molecule has 1 heterocycles. The van der Waals surface area contributed by atoms with Gasteiger partial charge < -0.3 is 5.73 Å². The molecule has 3 nitrogen and oxygen atoms in total. The smallest absolute Gasteiger partial charge is 0.117 e. The first-order chi connectivity index (χ1) is 9.22. The largest absolute Gasteiger partial charge is 0.399 e. The third-order valence-electron chi connectivity index (χ3n) is 2.63. The summed E-state index contributed by atoms with van der Waals surface area (Å²) < 4.78 is 0. The van der Waals surface area contributed by atoms with E-state index in [-0.39, 0.29) is 0 Å². The van der Waals surface area contributed by atoms with Gasteiger partial charge in [-0.1, -0.05) is 29.4 Å². The quantitative estimate of drug-likeness (QED) is 0.571. The normalized spacial score (nSPS) is 10.8. The molecule has 0 amide bonds. The summed E-state index contributed by atoms with van der Waals surface area (Å²) >= 11 is 7.54. The standard InChI is InChI=1S/C14H10ClN3S/c15-9-2-1-3-11(6-9)19-14-12-7-10(16)4-5-13(12)17-8-18-14/h1-8H,16H2. The highest BCUT2D eigenvalue weighted by Crippen LogP contribution is 2.32. The second kappa shape index (κ2) is 5.07. The van der Waals surface area contributed by atoms with Gasteiger partial charge in [-0.2, -0.15) is 0 Å². The third kappa shape index (κ3) is 2.64. The predicted molar refractivity (Wildman–Crippen MR) is 79.5 cm³/mol. The summed E-state index contributed by atoms with van der Waals surface area (Å²) in [6.45, 7) is 0. The molecule has 94 valence electrons. The monoisotopic (exact) mass is 287 g/mol. The van der Waals surface area contributed by atoms with Crippen molar-refractivity contribution >= 4 is 40.0 Å². The first-order valence-electron chi connectivity index (χ1n) is 5.66. The maximum atomic E-state index is 5.99. The SMILES string of the molecule is Nc1ccc2ncnc(Sc3cccc(Cl)c3)c2c1.